The Hall–Kier alpha value is -1.32. The lowest BCUT2D eigenvalue weighted by molar-refractivity contribution is -0.215. The standard InChI is InChI=1S/C19H33NO7S/c1-8-14(25-12(5)21)10(3)15-11(4)16(26-13(6)22)17(20)19(27-15,28-9-2)18(23)24-7/h10-11,14-17H,8-9,20H2,1-7H3/t10?,11-,14?,15?,16-,17?,19+/m0/s1. The molecule has 4 unspecified atom stereocenters. The fourth-order valence-corrected chi connectivity index (χ4v) is 4.93. The van der Waals surface area contributed by atoms with E-state index < -0.39 is 47.2 Å². The molecule has 1 aliphatic heterocycles. The molecule has 2 N–H and O–H groups in total. The number of carbonyl (C=O) groups excluding carboxylic acids is 3. The highest BCUT2D eigenvalue weighted by Gasteiger charge is 2.60. The summed E-state index contributed by atoms with van der Waals surface area (Å²) in [5.74, 6) is -1.57. The van der Waals surface area contributed by atoms with Crippen molar-refractivity contribution in [2.24, 2.45) is 17.6 Å². The maximum atomic E-state index is 12.7. The van der Waals surface area contributed by atoms with E-state index in [1.807, 2.05) is 27.7 Å². The third kappa shape index (κ3) is 5.18. The van der Waals surface area contributed by atoms with Gasteiger partial charge in [0, 0.05) is 25.7 Å². The topological polar surface area (TPSA) is 114 Å². The van der Waals surface area contributed by atoms with Crippen LogP contribution in [0.4, 0.5) is 0 Å². The summed E-state index contributed by atoms with van der Waals surface area (Å²) in [5.41, 5.74) is 6.40. The molecule has 0 saturated carbocycles. The Morgan fingerprint density at radius 3 is 2.25 bits per heavy atom. The summed E-state index contributed by atoms with van der Waals surface area (Å²) >= 11 is 1.21. The van der Waals surface area contributed by atoms with Gasteiger partial charge in [0.25, 0.3) is 0 Å². The third-order valence-corrected chi connectivity index (χ3v) is 6.35. The molecule has 8 nitrogen and oxygen atoms in total. The van der Waals surface area contributed by atoms with Crippen molar-refractivity contribution in [2.75, 3.05) is 12.9 Å². The molecule has 28 heavy (non-hydrogen) atoms. The van der Waals surface area contributed by atoms with Gasteiger partial charge in [0.05, 0.1) is 19.3 Å². The largest absolute Gasteiger partial charge is 0.466 e. The summed E-state index contributed by atoms with van der Waals surface area (Å²) in [7, 11) is 1.27. The molecule has 1 heterocycles. The first-order valence-electron chi connectivity index (χ1n) is 9.55. The predicted molar refractivity (Wildman–Crippen MR) is 105 cm³/mol. The van der Waals surface area contributed by atoms with Gasteiger partial charge in [-0.1, -0.05) is 27.7 Å². The van der Waals surface area contributed by atoms with Crippen molar-refractivity contribution in [1.82, 2.24) is 0 Å². The number of thioether (sulfide) groups is 1. The zero-order chi connectivity index (χ0) is 21.6. The normalized spacial score (nSPS) is 32.1. The second-order valence-electron chi connectivity index (χ2n) is 7.05. The van der Waals surface area contributed by atoms with Crippen LogP contribution in [0.2, 0.25) is 0 Å². The summed E-state index contributed by atoms with van der Waals surface area (Å²) in [6.07, 6.45) is -1.15. The van der Waals surface area contributed by atoms with Gasteiger partial charge in [-0.3, -0.25) is 9.59 Å². The molecule has 0 aromatic carbocycles. The van der Waals surface area contributed by atoms with Crippen LogP contribution in [0.15, 0.2) is 0 Å². The molecule has 9 heteroatoms. The highest BCUT2D eigenvalue weighted by Crippen LogP contribution is 2.44. The minimum Gasteiger partial charge on any atom is -0.466 e. The highest BCUT2D eigenvalue weighted by atomic mass is 32.2. The zero-order valence-electron chi connectivity index (χ0n) is 17.7. The number of methoxy groups -OCH3 is 1. The van der Waals surface area contributed by atoms with E-state index in [1.54, 1.807) is 0 Å². The second kappa shape index (κ2) is 10.5. The molecule has 0 radical (unpaired) electrons. The molecule has 0 bridgehead atoms. The first-order chi connectivity index (χ1) is 13.0. The van der Waals surface area contributed by atoms with Crippen molar-refractivity contribution < 1.29 is 33.3 Å². The van der Waals surface area contributed by atoms with Gasteiger partial charge in [-0.15, -0.1) is 11.8 Å². The average molecular weight is 420 g/mol. The summed E-state index contributed by atoms with van der Waals surface area (Å²) in [6, 6.07) is -0.916. The number of esters is 3. The number of ether oxygens (including phenoxy) is 4. The molecule has 1 rings (SSSR count). The second-order valence-corrected chi connectivity index (χ2v) is 8.52. The van der Waals surface area contributed by atoms with E-state index in [0.717, 1.165) is 0 Å². The van der Waals surface area contributed by atoms with Crippen LogP contribution in [-0.4, -0.2) is 60.1 Å². The lowest BCUT2D eigenvalue weighted by atomic mass is 9.79. The molecule has 1 aliphatic rings. The smallest absolute Gasteiger partial charge is 0.350 e. The molecule has 0 aromatic heterocycles. The SMILES string of the molecule is CCS[C@]1(C(=O)OC)OC(C(C)C(CC)OC(C)=O)[C@H](C)[C@H](OC(C)=O)C1N. The van der Waals surface area contributed by atoms with E-state index in [9.17, 15) is 14.4 Å². The van der Waals surface area contributed by atoms with Crippen molar-refractivity contribution in [3.05, 3.63) is 0 Å². The maximum Gasteiger partial charge on any atom is 0.350 e. The Kier molecular flexibility index (Phi) is 9.23. The third-order valence-electron chi connectivity index (χ3n) is 5.10. The number of nitrogens with two attached hydrogens (primary N) is 1. The van der Waals surface area contributed by atoms with Gasteiger partial charge in [-0.25, -0.2) is 4.79 Å². The van der Waals surface area contributed by atoms with E-state index in [2.05, 4.69) is 0 Å². The Labute approximate surface area is 171 Å². The Bertz CT molecular complexity index is 568. The van der Waals surface area contributed by atoms with Crippen LogP contribution < -0.4 is 5.73 Å². The van der Waals surface area contributed by atoms with E-state index in [1.165, 1.54) is 32.7 Å². The van der Waals surface area contributed by atoms with Gasteiger partial charge in [0.1, 0.15) is 12.2 Å². The van der Waals surface area contributed by atoms with Crippen molar-refractivity contribution >= 4 is 29.7 Å². The molecule has 162 valence electrons. The van der Waals surface area contributed by atoms with E-state index in [4.69, 9.17) is 24.7 Å². The van der Waals surface area contributed by atoms with Crippen LogP contribution in [0.3, 0.4) is 0 Å². The van der Waals surface area contributed by atoms with E-state index >= 15 is 0 Å². The minimum absolute atomic E-state index is 0.268. The Morgan fingerprint density at radius 2 is 1.82 bits per heavy atom. The zero-order valence-corrected chi connectivity index (χ0v) is 18.5. The Morgan fingerprint density at radius 1 is 1.21 bits per heavy atom. The first-order valence-corrected chi connectivity index (χ1v) is 10.5. The van der Waals surface area contributed by atoms with Gasteiger partial charge in [0.15, 0.2) is 0 Å². The van der Waals surface area contributed by atoms with E-state index in [0.29, 0.717) is 12.2 Å². The Balaban J connectivity index is 3.39. The molecular weight excluding hydrogens is 386 g/mol. The van der Waals surface area contributed by atoms with Crippen molar-refractivity contribution in [3.63, 3.8) is 0 Å². The summed E-state index contributed by atoms with van der Waals surface area (Å²) in [4.78, 5) is 34.4. The van der Waals surface area contributed by atoms with Crippen molar-refractivity contribution in [2.45, 2.75) is 77.3 Å². The minimum atomic E-state index is -1.52. The molecule has 7 atom stereocenters. The number of carbonyl (C=O) groups is 3. The number of hydrogen-bond acceptors (Lipinski definition) is 9. The summed E-state index contributed by atoms with van der Waals surface area (Å²) < 4.78 is 22.3. The number of hydrogen-bond donors (Lipinski definition) is 1. The molecule has 0 spiro atoms. The van der Waals surface area contributed by atoms with E-state index in [-0.39, 0.29) is 11.8 Å². The predicted octanol–water partition coefficient (Wildman–Crippen LogP) is 1.88. The summed E-state index contributed by atoms with van der Waals surface area (Å²) in [5, 5.41) is 0. The molecule has 1 fully saturated rings. The van der Waals surface area contributed by atoms with Gasteiger partial charge < -0.3 is 24.7 Å². The first kappa shape index (κ1) is 24.7. The molecular formula is C19H33NO7S. The van der Waals surface area contributed by atoms with Gasteiger partial charge in [-0.05, 0) is 12.2 Å². The van der Waals surface area contributed by atoms with Crippen molar-refractivity contribution in [1.29, 1.82) is 0 Å². The quantitative estimate of drug-likeness (QED) is 0.465. The molecule has 1 saturated heterocycles. The van der Waals surface area contributed by atoms with Crippen LogP contribution in [0.25, 0.3) is 0 Å². The van der Waals surface area contributed by atoms with Crippen molar-refractivity contribution in [3.8, 4) is 0 Å². The average Bonchev–Trinajstić information content (AvgIpc) is 2.64. The van der Waals surface area contributed by atoms with Gasteiger partial charge in [0.2, 0.25) is 4.93 Å². The summed E-state index contributed by atoms with van der Waals surface area (Å²) in [6.45, 7) is 10.2. The van der Waals surface area contributed by atoms with Crippen LogP contribution >= 0.6 is 11.8 Å². The van der Waals surface area contributed by atoms with Crippen LogP contribution in [0.1, 0.15) is 48.0 Å². The lowest BCUT2D eigenvalue weighted by Crippen LogP contribution is -2.69. The highest BCUT2D eigenvalue weighted by molar-refractivity contribution is 8.01. The molecule has 0 aliphatic carbocycles. The monoisotopic (exact) mass is 419 g/mol. The fraction of sp³-hybridized carbons (Fsp3) is 0.842. The van der Waals surface area contributed by atoms with Crippen LogP contribution in [0.5, 0.6) is 0 Å². The fourth-order valence-electron chi connectivity index (χ4n) is 3.79. The van der Waals surface area contributed by atoms with Gasteiger partial charge in [-0.2, -0.15) is 0 Å². The molecule has 0 amide bonds. The molecule has 0 aromatic rings. The van der Waals surface area contributed by atoms with Gasteiger partial charge >= 0.3 is 17.9 Å². The van der Waals surface area contributed by atoms with Crippen LogP contribution in [0, 0.1) is 11.8 Å². The maximum absolute atomic E-state index is 12.7. The van der Waals surface area contributed by atoms with Crippen LogP contribution in [-0.2, 0) is 33.3 Å². The lowest BCUT2D eigenvalue weighted by Gasteiger charge is -2.51. The number of rotatable bonds is 8.